The Labute approximate surface area is 98.5 Å². The molecule has 1 aromatic rings. The molecular weight excluding hydrogens is 323 g/mol. The average molecular weight is 329 g/mol. The van der Waals surface area contributed by atoms with E-state index in [0.29, 0.717) is 3.57 Å². The maximum atomic E-state index is 13.3. The number of benzene rings is 1. The van der Waals surface area contributed by atoms with Crippen LogP contribution >= 0.6 is 34.2 Å². The molecule has 3 nitrogen and oxygen atoms in total. The maximum absolute atomic E-state index is 13.3. The van der Waals surface area contributed by atoms with Crippen LogP contribution in [0.15, 0.2) is 12.1 Å². The summed E-state index contributed by atoms with van der Waals surface area (Å²) >= 11 is 7.47. The van der Waals surface area contributed by atoms with Crippen molar-refractivity contribution in [2.45, 2.75) is 6.23 Å². The van der Waals surface area contributed by atoms with Gasteiger partial charge in [0.25, 0.3) is 6.47 Å². The minimum atomic E-state index is -1.04. The quantitative estimate of drug-likeness (QED) is 0.400. The molecule has 0 spiro atoms. The molecular formula is C8H6ClFINO2. The van der Waals surface area contributed by atoms with Gasteiger partial charge in [0.05, 0.1) is 8.59 Å². The van der Waals surface area contributed by atoms with E-state index in [2.05, 4.69) is 4.74 Å². The minimum Gasteiger partial charge on any atom is -0.445 e. The normalized spacial score (nSPS) is 12.3. The zero-order valence-corrected chi connectivity index (χ0v) is 9.75. The second-order valence-electron chi connectivity index (χ2n) is 2.42. The molecule has 0 aliphatic heterocycles. The predicted octanol–water partition coefficient (Wildman–Crippen LogP) is 2.21. The van der Waals surface area contributed by atoms with Gasteiger partial charge in [-0.3, -0.25) is 10.5 Å². The highest BCUT2D eigenvalue weighted by Crippen LogP contribution is 2.27. The summed E-state index contributed by atoms with van der Waals surface area (Å²) in [6.45, 7) is 0.191. The average Bonchev–Trinajstić information content (AvgIpc) is 2.15. The Bertz CT molecular complexity index is 361. The van der Waals surface area contributed by atoms with Crippen LogP contribution in [0.2, 0.25) is 5.02 Å². The van der Waals surface area contributed by atoms with Gasteiger partial charge in [0.15, 0.2) is 12.0 Å². The molecule has 1 aromatic carbocycles. The molecule has 2 N–H and O–H groups in total. The van der Waals surface area contributed by atoms with Crippen LogP contribution in [0.5, 0.6) is 0 Å². The Balaban J connectivity index is 3.10. The Morgan fingerprint density at radius 3 is 2.86 bits per heavy atom. The first-order chi connectivity index (χ1) is 6.57. The molecule has 0 saturated heterocycles. The fraction of sp³-hybridized carbons (Fsp3) is 0.125. The Morgan fingerprint density at radius 2 is 2.29 bits per heavy atom. The molecule has 0 fully saturated rings. The lowest BCUT2D eigenvalue weighted by Gasteiger charge is -2.12. The molecule has 0 amide bonds. The number of carbonyl (C=O) groups excluding carboxylic acids is 1. The van der Waals surface area contributed by atoms with Gasteiger partial charge in [-0.05, 0) is 28.7 Å². The van der Waals surface area contributed by atoms with Crippen LogP contribution in [0.1, 0.15) is 11.8 Å². The summed E-state index contributed by atoms with van der Waals surface area (Å²) < 4.78 is 18.1. The summed E-state index contributed by atoms with van der Waals surface area (Å²) in [4.78, 5) is 10.0. The zero-order valence-electron chi connectivity index (χ0n) is 6.84. The van der Waals surface area contributed by atoms with Crippen molar-refractivity contribution in [1.82, 2.24) is 0 Å². The van der Waals surface area contributed by atoms with Gasteiger partial charge in [-0.15, -0.1) is 0 Å². The van der Waals surface area contributed by atoms with E-state index in [1.54, 1.807) is 22.6 Å². The molecule has 14 heavy (non-hydrogen) atoms. The van der Waals surface area contributed by atoms with Crippen molar-refractivity contribution >= 4 is 40.7 Å². The van der Waals surface area contributed by atoms with Crippen molar-refractivity contribution in [3.05, 3.63) is 32.1 Å². The van der Waals surface area contributed by atoms with Crippen molar-refractivity contribution < 1.29 is 13.9 Å². The lowest BCUT2D eigenvalue weighted by molar-refractivity contribution is -0.133. The van der Waals surface area contributed by atoms with Crippen molar-refractivity contribution in [3.63, 3.8) is 0 Å². The summed E-state index contributed by atoms with van der Waals surface area (Å²) in [5.74, 6) is -0.560. The van der Waals surface area contributed by atoms with Crippen molar-refractivity contribution in [3.8, 4) is 0 Å². The SMILES string of the molecule is NC(OC=O)c1ccc(I)c(F)c1Cl. The largest absolute Gasteiger partial charge is 0.445 e. The van der Waals surface area contributed by atoms with E-state index in [-0.39, 0.29) is 17.1 Å². The number of hydrogen-bond donors (Lipinski definition) is 1. The van der Waals surface area contributed by atoms with E-state index in [0.717, 1.165) is 0 Å². The van der Waals surface area contributed by atoms with Crippen LogP contribution < -0.4 is 5.73 Å². The summed E-state index contributed by atoms with van der Waals surface area (Å²) in [5.41, 5.74) is 5.67. The van der Waals surface area contributed by atoms with E-state index in [1.807, 2.05) is 0 Å². The van der Waals surface area contributed by atoms with Gasteiger partial charge in [0.2, 0.25) is 0 Å². The molecule has 0 saturated carbocycles. The van der Waals surface area contributed by atoms with Gasteiger partial charge in [0.1, 0.15) is 0 Å². The second kappa shape index (κ2) is 4.90. The van der Waals surface area contributed by atoms with Crippen molar-refractivity contribution in [1.29, 1.82) is 0 Å². The summed E-state index contributed by atoms with van der Waals surface area (Å²) in [6, 6.07) is 3.02. The minimum absolute atomic E-state index is 0.119. The van der Waals surface area contributed by atoms with Crippen LogP contribution in [0.25, 0.3) is 0 Å². The summed E-state index contributed by atoms with van der Waals surface area (Å²) in [5, 5.41) is -0.119. The Morgan fingerprint density at radius 1 is 1.64 bits per heavy atom. The summed E-state index contributed by atoms with van der Waals surface area (Å²) in [7, 11) is 0. The number of ether oxygens (including phenoxy) is 1. The highest BCUT2D eigenvalue weighted by molar-refractivity contribution is 14.1. The van der Waals surface area contributed by atoms with Gasteiger partial charge in [0, 0.05) is 5.56 Å². The van der Waals surface area contributed by atoms with Crippen molar-refractivity contribution in [2.75, 3.05) is 0 Å². The van der Waals surface area contributed by atoms with Crippen LogP contribution in [-0.4, -0.2) is 6.47 Å². The standard InChI is InChI=1S/C8H6ClFINO2/c9-6-4(8(12)14-3-13)1-2-5(11)7(6)10/h1-3,8H,12H2. The van der Waals surface area contributed by atoms with E-state index in [9.17, 15) is 9.18 Å². The molecule has 0 aromatic heterocycles. The first kappa shape index (κ1) is 11.7. The number of nitrogens with two attached hydrogens (primary N) is 1. The number of carbonyl (C=O) groups is 1. The molecule has 0 aliphatic carbocycles. The topological polar surface area (TPSA) is 52.3 Å². The third-order valence-electron chi connectivity index (χ3n) is 1.57. The second-order valence-corrected chi connectivity index (χ2v) is 3.96. The van der Waals surface area contributed by atoms with Gasteiger partial charge >= 0.3 is 0 Å². The highest BCUT2D eigenvalue weighted by atomic mass is 127. The van der Waals surface area contributed by atoms with Crippen LogP contribution in [0.3, 0.4) is 0 Å². The van der Waals surface area contributed by atoms with E-state index in [1.165, 1.54) is 12.1 Å². The molecule has 1 atom stereocenters. The number of halogens is 3. The lowest BCUT2D eigenvalue weighted by Crippen LogP contribution is -2.14. The smallest absolute Gasteiger partial charge is 0.294 e. The fourth-order valence-corrected chi connectivity index (χ4v) is 1.77. The summed E-state index contributed by atoms with van der Waals surface area (Å²) in [6.07, 6.45) is -1.04. The third-order valence-corrected chi connectivity index (χ3v) is 2.79. The molecule has 0 radical (unpaired) electrons. The Hall–Kier alpha value is -0.400. The van der Waals surface area contributed by atoms with Crippen molar-refractivity contribution in [2.24, 2.45) is 5.73 Å². The van der Waals surface area contributed by atoms with Gasteiger partial charge in [-0.2, -0.15) is 0 Å². The molecule has 6 heteroatoms. The maximum Gasteiger partial charge on any atom is 0.294 e. The van der Waals surface area contributed by atoms with Crippen LogP contribution in [0.4, 0.5) is 4.39 Å². The van der Waals surface area contributed by atoms with Crippen LogP contribution in [-0.2, 0) is 9.53 Å². The fourth-order valence-electron chi connectivity index (χ4n) is 0.894. The molecule has 0 heterocycles. The van der Waals surface area contributed by atoms with E-state index in [4.69, 9.17) is 17.3 Å². The van der Waals surface area contributed by atoms with Gasteiger partial charge < -0.3 is 4.74 Å². The van der Waals surface area contributed by atoms with E-state index >= 15 is 0 Å². The van der Waals surface area contributed by atoms with E-state index < -0.39 is 12.0 Å². The Kier molecular flexibility index (Phi) is 4.09. The molecule has 0 aliphatic rings. The molecule has 76 valence electrons. The molecule has 1 rings (SSSR count). The zero-order chi connectivity index (χ0) is 10.7. The monoisotopic (exact) mass is 329 g/mol. The molecule has 0 bridgehead atoms. The van der Waals surface area contributed by atoms with Gasteiger partial charge in [-0.25, -0.2) is 4.39 Å². The molecule has 1 unspecified atom stereocenters. The number of hydrogen-bond acceptors (Lipinski definition) is 3. The third kappa shape index (κ3) is 2.34. The number of rotatable bonds is 3. The first-order valence-electron chi connectivity index (χ1n) is 3.56. The first-order valence-corrected chi connectivity index (χ1v) is 5.01. The highest BCUT2D eigenvalue weighted by Gasteiger charge is 2.15. The van der Waals surface area contributed by atoms with Gasteiger partial charge in [-0.1, -0.05) is 17.7 Å². The van der Waals surface area contributed by atoms with Crippen LogP contribution in [0, 0.1) is 9.39 Å². The predicted molar refractivity (Wildman–Crippen MR) is 58.2 cm³/mol. The lowest BCUT2D eigenvalue weighted by atomic mass is 10.2.